The van der Waals surface area contributed by atoms with Gasteiger partial charge in [-0.1, -0.05) is 0 Å². The second-order valence-corrected chi connectivity index (χ2v) is 3.35. The molecular formula is C10H19NO2. The molecule has 3 heteroatoms. The van der Waals surface area contributed by atoms with Gasteiger partial charge in [-0.2, -0.15) is 0 Å². The Kier molecular flexibility index (Phi) is 4.25. The molecule has 0 saturated heterocycles. The minimum Gasteiger partial charge on any atom is -0.501 e. The molecule has 0 fully saturated rings. The van der Waals surface area contributed by atoms with Crippen molar-refractivity contribution in [2.45, 2.75) is 38.8 Å². The first kappa shape index (κ1) is 10.5. The van der Waals surface area contributed by atoms with Crippen LogP contribution in [0.15, 0.2) is 11.8 Å². The Labute approximate surface area is 79.9 Å². The molecule has 0 aromatic heterocycles. The van der Waals surface area contributed by atoms with Crippen molar-refractivity contribution in [3.8, 4) is 0 Å². The van der Waals surface area contributed by atoms with E-state index < -0.39 is 0 Å². The van der Waals surface area contributed by atoms with Gasteiger partial charge in [0.1, 0.15) is 0 Å². The maximum absolute atomic E-state index is 6.00. The maximum atomic E-state index is 6.00. The Balaban J connectivity index is 2.44. The third kappa shape index (κ3) is 3.01. The third-order valence-electron chi connectivity index (χ3n) is 2.33. The normalized spacial score (nSPS) is 21.6. The quantitative estimate of drug-likeness (QED) is 0.720. The number of hydrogen-bond acceptors (Lipinski definition) is 3. The van der Waals surface area contributed by atoms with Crippen molar-refractivity contribution in [2.24, 2.45) is 5.73 Å². The molecule has 0 radical (unpaired) electrons. The van der Waals surface area contributed by atoms with Gasteiger partial charge in [-0.25, -0.2) is 0 Å². The van der Waals surface area contributed by atoms with E-state index in [-0.39, 0.29) is 12.1 Å². The van der Waals surface area contributed by atoms with Gasteiger partial charge in [0, 0.05) is 6.61 Å². The van der Waals surface area contributed by atoms with E-state index >= 15 is 0 Å². The number of nitrogens with two attached hydrogens (primary N) is 1. The summed E-state index contributed by atoms with van der Waals surface area (Å²) in [7, 11) is 0. The molecule has 2 N–H and O–H groups in total. The molecule has 0 saturated carbocycles. The smallest absolute Gasteiger partial charge is 0.0876 e. The van der Waals surface area contributed by atoms with E-state index in [4.69, 9.17) is 15.2 Å². The van der Waals surface area contributed by atoms with Crippen LogP contribution in [0.25, 0.3) is 0 Å². The minimum atomic E-state index is -0.0137. The lowest BCUT2D eigenvalue weighted by Gasteiger charge is -2.24. The first-order valence-corrected chi connectivity index (χ1v) is 4.93. The van der Waals surface area contributed by atoms with Crippen LogP contribution in [0.5, 0.6) is 0 Å². The highest BCUT2D eigenvalue weighted by Crippen LogP contribution is 2.17. The number of hydrogen-bond donors (Lipinski definition) is 1. The molecular weight excluding hydrogens is 166 g/mol. The summed E-state index contributed by atoms with van der Waals surface area (Å²) in [5.74, 6) is 0. The first-order valence-electron chi connectivity index (χ1n) is 4.93. The van der Waals surface area contributed by atoms with Gasteiger partial charge in [0.2, 0.25) is 0 Å². The first-order chi connectivity index (χ1) is 6.25. The summed E-state index contributed by atoms with van der Waals surface area (Å²) in [6, 6.07) is -0.0137. The molecule has 0 aromatic rings. The van der Waals surface area contributed by atoms with Crippen molar-refractivity contribution in [3.63, 3.8) is 0 Å². The maximum Gasteiger partial charge on any atom is 0.0876 e. The topological polar surface area (TPSA) is 44.5 Å². The van der Waals surface area contributed by atoms with Crippen LogP contribution in [0.1, 0.15) is 26.7 Å². The molecule has 0 bridgehead atoms. The van der Waals surface area contributed by atoms with Gasteiger partial charge in [-0.05, 0) is 32.3 Å². The van der Waals surface area contributed by atoms with E-state index in [0.29, 0.717) is 6.61 Å². The minimum absolute atomic E-state index is 0.0137. The van der Waals surface area contributed by atoms with Crippen molar-refractivity contribution in [2.75, 3.05) is 13.2 Å². The molecule has 76 valence electrons. The largest absolute Gasteiger partial charge is 0.501 e. The van der Waals surface area contributed by atoms with Crippen LogP contribution in [0, 0.1) is 0 Å². The summed E-state index contributed by atoms with van der Waals surface area (Å²) in [6.45, 7) is 5.51. The highest BCUT2D eigenvalue weighted by atomic mass is 16.5. The average Bonchev–Trinajstić information content (AvgIpc) is 2.18. The van der Waals surface area contributed by atoms with Crippen molar-refractivity contribution in [1.82, 2.24) is 0 Å². The highest BCUT2D eigenvalue weighted by Gasteiger charge is 2.19. The number of rotatable bonds is 4. The van der Waals surface area contributed by atoms with Crippen molar-refractivity contribution in [3.05, 3.63) is 11.8 Å². The van der Waals surface area contributed by atoms with E-state index in [1.54, 1.807) is 6.26 Å². The molecule has 13 heavy (non-hydrogen) atoms. The third-order valence-corrected chi connectivity index (χ3v) is 2.33. The molecule has 1 rings (SSSR count). The molecule has 1 aliphatic heterocycles. The predicted molar refractivity (Wildman–Crippen MR) is 52.3 cm³/mol. The summed E-state index contributed by atoms with van der Waals surface area (Å²) in [4.78, 5) is 0. The Morgan fingerprint density at radius 1 is 1.69 bits per heavy atom. The average molecular weight is 185 g/mol. The van der Waals surface area contributed by atoms with Crippen LogP contribution >= 0.6 is 0 Å². The zero-order valence-electron chi connectivity index (χ0n) is 8.45. The van der Waals surface area contributed by atoms with Crippen LogP contribution in [0.4, 0.5) is 0 Å². The zero-order chi connectivity index (χ0) is 9.68. The van der Waals surface area contributed by atoms with Gasteiger partial charge in [-0.3, -0.25) is 0 Å². The Morgan fingerprint density at radius 2 is 2.46 bits per heavy atom. The second-order valence-electron chi connectivity index (χ2n) is 3.35. The van der Waals surface area contributed by atoms with Gasteiger partial charge < -0.3 is 15.2 Å². The van der Waals surface area contributed by atoms with Gasteiger partial charge in [-0.15, -0.1) is 0 Å². The fourth-order valence-electron chi connectivity index (χ4n) is 1.50. The Bertz CT molecular complexity index is 180. The van der Waals surface area contributed by atoms with Gasteiger partial charge in [0.15, 0.2) is 0 Å². The van der Waals surface area contributed by atoms with Crippen LogP contribution in [-0.4, -0.2) is 25.4 Å². The summed E-state index contributed by atoms with van der Waals surface area (Å²) in [6.07, 6.45) is 3.98. The molecule has 2 atom stereocenters. The molecule has 0 spiro atoms. The lowest BCUT2D eigenvalue weighted by atomic mass is 9.99. The standard InChI is InChI=1S/C10H19NO2/c1-3-13-8(2)10(11)9-5-4-6-12-7-9/h7-8,10H,3-6,11H2,1-2H3. The van der Waals surface area contributed by atoms with E-state index in [9.17, 15) is 0 Å². The van der Waals surface area contributed by atoms with Gasteiger partial charge in [0.05, 0.1) is 25.0 Å². The lowest BCUT2D eigenvalue weighted by molar-refractivity contribution is 0.0622. The molecule has 2 unspecified atom stereocenters. The number of ether oxygens (including phenoxy) is 2. The van der Waals surface area contributed by atoms with E-state index in [0.717, 1.165) is 19.4 Å². The molecule has 0 amide bonds. The van der Waals surface area contributed by atoms with Crippen LogP contribution in [-0.2, 0) is 9.47 Å². The Hall–Kier alpha value is -0.540. The van der Waals surface area contributed by atoms with E-state index in [1.807, 2.05) is 13.8 Å². The van der Waals surface area contributed by atoms with Crippen molar-refractivity contribution >= 4 is 0 Å². The van der Waals surface area contributed by atoms with Crippen LogP contribution < -0.4 is 5.73 Å². The van der Waals surface area contributed by atoms with Gasteiger partial charge >= 0.3 is 0 Å². The fourth-order valence-corrected chi connectivity index (χ4v) is 1.50. The van der Waals surface area contributed by atoms with E-state index in [2.05, 4.69) is 0 Å². The molecule has 0 aromatic carbocycles. The van der Waals surface area contributed by atoms with Crippen molar-refractivity contribution in [1.29, 1.82) is 0 Å². The monoisotopic (exact) mass is 185 g/mol. The molecule has 1 heterocycles. The summed E-state index contributed by atoms with van der Waals surface area (Å²) >= 11 is 0. The van der Waals surface area contributed by atoms with Crippen LogP contribution in [0.2, 0.25) is 0 Å². The molecule has 0 aliphatic carbocycles. The fraction of sp³-hybridized carbons (Fsp3) is 0.800. The lowest BCUT2D eigenvalue weighted by Crippen LogP contribution is -2.37. The summed E-state index contributed by atoms with van der Waals surface area (Å²) < 4.78 is 10.7. The predicted octanol–water partition coefficient (Wildman–Crippen LogP) is 1.43. The summed E-state index contributed by atoms with van der Waals surface area (Å²) in [5, 5.41) is 0. The second kappa shape index (κ2) is 5.25. The zero-order valence-corrected chi connectivity index (χ0v) is 8.45. The molecule has 3 nitrogen and oxygen atoms in total. The van der Waals surface area contributed by atoms with E-state index in [1.165, 1.54) is 5.57 Å². The van der Waals surface area contributed by atoms with Gasteiger partial charge in [0.25, 0.3) is 0 Å². The van der Waals surface area contributed by atoms with Crippen molar-refractivity contribution < 1.29 is 9.47 Å². The summed E-state index contributed by atoms with van der Waals surface area (Å²) in [5.41, 5.74) is 7.18. The molecule has 1 aliphatic rings. The SMILES string of the molecule is CCOC(C)C(N)C1=COCCC1. The van der Waals surface area contributed by atoms with Crippen LogP contribution in [0.3, 0.4) is 0 Å². The Morgan fingerprint density at radius 3 is 3.00 bits per heavy atom. The highest BCUT2D eigenvalue weighted by molar-refractivity contribution is 5.10.